The molecule has 0 saturated carbocycles. The van der Waals surface area contributed by atoms with Crippen molar-refractivity contribution < 1.29 is 4.43 Å². The summed E-state index contributed by atoms with van der Waals surface area (Å²) in [5.74, 6) is 7.21. The van der Waals surface area contributed by atoms with Crippen molar-refractivity contribution in [1.82, 2.24) is 0 Å². The first-order chi connectivity index (χ1) is 7.86. The lowest BCUT2D eigenvalue weighted by molar-refractivity contribution is 0.266. The maximum absolute atomic E-state index is 5.27. The molecule has 3 radical (unpaired) electrons. The van der Waals surface area contributed by atoms with E-state index in [-0.39, 0.29) is 10.8 Å². The molecule has 0 spiro atoms. The summed E-state index contributed by atoms with van der Waals surface area (Å²) in [6.07, 6.45) is 0. The molecule has 0 aliphatic rings. The molecule has 1 aromatic rings. The summed E-state index contributed by atoms with van der Waals surface area (Å²) < 4.78 is 5.27. The average molecular weight is 243 g/mol. The van der Waals surface area contributed by atoms with Gasteiger partial charge in [0.25, 0.3) is 0 Å². The number of rotatable bonds is 2. The van der Waals surface area contributed by atoms with E-state index in [1.807, 2.05) is 25.1 Å². The number of benzene rings is 1. The summed E-state index contributed by atoms with van der Waals surface area (Å²) in [5, 5.41) is 0. The van der Waals surface area contributed by atoms with Crippen molar-refractivity contribution in [3.63, 3.8) is 0 Å². The summed E-state index contributed by atoms with van der Waals surface area (Å²) in [4.78, 5) is 0. The van der Waals surface area contributed by atoms with Crippen LogP contribution >= 0.6 is 0 Å². The van der Waals surface area contributed by atoms with E-state index in [0.29, 0.717) is 0 Å². The Balaban J connectivity index is 3.47. The van der Waals surface area contributed by atoms with E-state index in [4.69, 9.17) is 4.43 Å². The lowest BCUT2D eigenvalue weighted by atomic mass is 9.64. The summed E-state index contributed by atoms with van der Waals surface area (Å²) >= 11 is 0. The van der Waals surface area contributed by atoms with E-state index in [2.05, 4.69) is 56.1 Å². The van der Waals surface area contributed by atoms with Gasteiger partial charge in [-0.25, -0.2) is 0 Å². The van der Waals surface area contributed by atoms with Gasteiger partial charge in [-0.05, 0) is 25.3 Å². The zero-order valence-corrected chi connectivity index (χ0v) is 12.2. The third kappa shape index (κ3) is 2.55. The molecule has 2 heteroatoms. The van der Waals surface area contributed by atoms with Gasteiger partial charge in [-0.1, -0.05) is 44.9 Å². The van der Waals surface area contributed by atoms with E-state index >= 15 is 0 Å². The quantitative estimate of drug-likeness (QED) is 0.571. The van der Waals surface area contributed by atoms with E-state index in [0.717, 1.165) is 11.3 Å². The molecule has 1 atom stereocenters. The topological polar surface area (TPSA) is 9.23 Å². The van der Waals surface area contributed by atoms with Crippen LogP contribution in [-0.2, 0) is 5.41 Å². The summed E-state index contributed by atoms with van der Waals surface area (Å²) in [6, 6.07) is 8.00. The lowest BCUT2D eigenvalue weighted by Gasteiger charge is -2.39. The van der Waals surface area contributed by atoms with Crippen LogP contribution in [0.3, 0.4) is 0 Å². The first kappa shape index (κ1) is 13.9. The van der Waals surface area contributed by atoms with Crippen molar-refractivity contribution in [2.75, 3.05) is 0 Å². The fourth-order valence-corrected chi connectivity index (χ4v) is 2.06. The molecule has 1 aromatic carbocycles. The molecule has 0 aliphatic heterocycles. The fraction of sp³-hybridized carbons (Fsp3) is 0.467. The first-order valence-electron chi connectivity index (χ1n) is 5.74. The van der Waals surface area contributed by atoms with Crippen LogP contribution in [0.5, 0.6) is 5.75 Å². The molecule has 17 heavy (non-hydrogen) atoms. The monoisotopic (exact) mass is 243 g/mol. The molecule has 89 valence electrons. The smallest absolute Gasteiger partial charge is 0.341 e. The Morgan fingerprint density at radius 1 is 1.12 bits per heavy atom. The van der Waals surface area contributed by atoms with Crippen LogP contribution in [0.1, 0.15) is 40.2 Å². The minimum atomic E-state index is -0.245. The maximum atomic E-state index is 5.27. The third-order valence-corrected chi connectivity index (χ3v) is 3.63. The number of para-hydroxylation sites is 1. The molecule has 0 heterocycles. The highest BCUT2D eigenvalue weighted by atomic mass is 28.2. The van der Waals surface area contributed by atoms with Crippen LogP contribution in [0, 0.1) is 17.3 Å². The molecule has 0 aliphatic carbocycles. The standard InChI is InChI=1S/C15H19OSi/c1-6-11-15(5,14(2,3)4)12-9-7-8-10-13(12)16-17/h7-10H,1-5H3. The van der Waals surface area contributed by atoms with Gasteiger partial charge in [0.15, 0.2) is 0 Å². The van der Waals surface area contributed by atoms with E-state index in [9.17, 15) is 0 Å². The van der Waals surface area contributed by atoms with Crippen molar-refractivity contribution in [2.24, 2.45) is 5.41 Å². The molecular formula is C15H19OSi. The largest absolute Gasteiger partial charge is 0.540 e. The van der Waals surface area contributed by atoms with Gasteiger partial charge in [-0.15, -0.1) is 5.92 Å². The SMILES string of the molecule is CC#CC(C)(c1ccccc1O[Si])C(C)(C)C. The molecule has 1 rings (SSSR count). The normalized spacial score (nSPS) is 14.5. The summed E-state index contributed by atoms with van der Waals surface area (Å²) in [6.45, 7) is 10.6. The van der Waals surface area contributed by atoms with Gasteiger partial charge < -0.3 is 4.43 Å². The Kier molecular flexibility index (Phi) is 4.06. The van der Waals surface area contributed by atoms with Crippen LogP contribution in [0.2, 0.25) is 0 Å². The minimum Gasteiger partial charge on any atom is -0.540 e. The molecule has 1 nitrogen and oxygen atoms in total. The van der Waals surface area contributed by atoms with Crippen molar-refractivity contribution in [1.29, 1.82) is 0 Å². The van der Waals surface area contributed by atoms with Gasteiger partial charge >= 0.3 is 10.5 Å². The number of hydrogen-bond acceptors (Lipinski definition) is 1. The lowest BCUT2D eigenvalue weighted by Crippen LogP contribution is -2.36. The van der Waals surface area contributed by atoms with Crippen LogP contribution < -0.4 is 4.43 Å². The van der Waals surface area contributed by atoms with Crippen LogP contribution in [0.4, 0.5) is 0 Å². The summed E-state index contributed by atoms with van der Waals surface area (Å²) in [7, 11) is 3.12. The third-order valence-electron chi connectivity index (χ3n) is 3.41. The molecule has 1 unspecified atom stereocenters. The first-order valence-corrected chi connectivity index (χ1v) is 6.14. The Bertz CT molecular complexity index is 448. The van der Waals surface area contributed by atoms with Crippen molar-refractivity contribution in [3.05, 3.63) is 29.8 Å². The van der Waals surface area contributed by atoms with Gasteiger partial charge in [0.05, 0.1) is 5.41 Å². The second-order valence-corrected chi connectivity index (χ2v) is 5.55. The van der Waals surface area contributed by atoms with Crippen molar-refractivity contribution >= 4 is 10.5 Å². The minimum absolute atomic E-state index is 0.0247. The van der Waals surface area contributed by atoms with Crippen LogP contribution in [0.15, 0.2) is 24.3 Å². The zero-order valence-electron chi connectivity index (χ0n) is 11.2. The van der Waals surface area contributed by atoms with Gasteiger partial charge in [0.1, 0.15) is 5.75 Å². The zero-order chi connectivity index (χ0) is 13.1. The Labute approximate surface area is 108 Å². The second-order valence-electron chi connectivity index (χ2n) is 5.35. The Hall–Kier alpha value is -1.20. The predicted molar refractivity (Wildman–Crippen MR) is 73.1 cm³/mol. The molecule has 0 bridgehead atoms. The predicted octanol–water partition coefficient (Wildman–Crippen LogP) is 3.48. The summed E-state index contributed by atoms with van der Waals surface area (Å²) in [5.41, 5.74) is 0.888. The molecule has 0 saturated heterocycles. The molecule has 0 N–H and O–H groups in total. The van der Waals surface area contributed by atoms with E-state index in [1.165, 1.54) is 0 Å². The van der Waals surface area contributed by atoms with Crippen molar-refractivity contribution in [2.45, 2.75) is 40.0 Å². The maximum Gasteiger partial charge on any atom is 0.341 e. The Morgan fingerprint density at radius 2 is 1.71 bits per heavy atom. The van der Waals surface area contributed by atoms with Gasteiger partial charge in [0, 0.05) is 5.56 Å². The highest BCUT2D eigenvalue weighted by Crippen LogP contribution is 2.44. The average Bonchev–Trinajstić information content (AvgIpc) is 2.27. The van der Waals surface area contributed by atoms with Gasteiger partial charge in [0.2, 0.25) is 0 Å². The Morgan fingerprint density at radius 3 is 2.18 bits per heavy atom. The fourth-order valence-electron chi connectivity index (χ4n) is 1.88. The molecule has 0 aromatic heterocycles. The van der Waals surface area contributed by atoms with E-state index in [1.54, 1.807) is 0 Å². The molecule has 0 amide bonds. The van der Waals surface area contributed by atoms with Crippen LogP contribution in [0.25, 0.3) is 0 Å². The van der Waals surface area contributed by atoms with Crippen molar-refractivity contribution in [3.8, 4) is 17.6 Å². The molecule has 0 fully saturated rings. The highest BCUT2D eigenvalue weighted by Gasteiger charge is 2.39. The molecular weight excluding hydrogens is 224 g/mol. The van der Waals surface area contributed by atoms with Gasteiger partial charge in [-0.3, -0.25) is 0 Å². The number of hydrogen-bond donors (Lipinski definition) is 0. The van der Waals surface area contributed by atoms with Gasteiger partial charge in [-0.2, -0.15) is 0 Å². The van der Waals surface area contributed by atoms with E-state index < -0.39 is 0 Å². The van der Waals surface area contributed by atoms with Crippen LogP contribution in [-0.4, -0.2) is 10.5 Å². The second kappa shape index (κ2) is 4.97. The highest BCUT2D eigenvalue weighted by molar-refractivity contribution is 6.00.